The summed E-state index contributed by atoms with van der Waals surface area (Å²) in [5, 5.41) is 23.6. The quantitative estimate of drug-likeness (QED) is 0.586. The van der Waals surface area contributed by atoms with E-state index in [9.17, 15) is 15.2 Å². The van der Waals surface area contributed by atoms with Gasteiger partial charge in [0.25, 0.3) is 5.69 Å². The first-order valence-electron chi connectivity index (χ1n) is 5.62. The zero-order valence-corrected chi connectivity index (χ0v) is 13.3. The molecule has 20 heavy (non-hydrogen) atoms. The highest BCUT2D eigenvalue weighted by molar-refractivity contribution is 9.10. The Hall–Kier alpha value is -1.60. The topological polar surface area (TPSA) is 75.4 Å². The summed E-state index contributed by atoms with van der Waals surface area (Å²) in [4.78, 5) is 10.4. The van der Waals surface area contributed by atoms with E-state index in [1.165, 1.54) is 6.07 Å². The molecule has 104 valence electrons. The van der Waals surface area contributed by atoms with Crippen molar-refractivity contribution in [2.75, 3.05) is 5.32 Å². The van der Waals surface area contributed by atoms with E-state index in [0.717, 1.165) is 4.47 Å². The molecule has 0 aliphatic carbocycles. The lowest BCUT2D eigenvalue weighted by molar-refractivity contribution is -0.385. The van der Waals surface area contributed by atoms with E-state index in [1.807, 2.05) is 0 Å². The lowest BCUT2D eigenvalue weighted by atomic mass is 10.2. The first kappa shape index (κ1) is 14.8. The molecular weight excluding hydrogens is 392 g/mol. The van der Waals surface area contributed by atoms with Gasteiger partial charge in [-0.3, -0.25) is 10.1 Å². The molecule has 0 fully saturated rings. The Morgan fingerprint density at radius 1 is 1.20 bits per heavy atom. The Morgan fingerprint density at radius 3 is 2.65 bits per heavy atom. The lowest BCUT2D eigenvalue weighted by Gasteiger charge is -2.09. The number of aromatic hydroxyl groups is 1. The number of nitrogens with zero attached hydrogens (tertiary/aromatic N) is 1. The molecule has 5 nitrogen and oxygen atoms in total. The SMILES string of the molecule is O=[N+]([O-])c1cc(NCc2cc(Br)ccc2O)ccc1Br. The maximum absolute atomic E-state index is 10.8. The lowest BCUT2D eigenvalue weighted by Crippen LogP contribution is -2.00. The molecule has 2 rings (SSSR count). The molecule has 0 aliphatic heterocycles. The van der Waals surface area contributed by atoms with Gasteiger partial charge in [-0.1, -0.05) is 15.9 Å². The van der Waals surface area contributed by atoms with Crippen molar-refractivity contribution in [3.8, 4) is 5.75 Å². The number of nitrogens with one attached hydrogen (secondary N) is 1. The molecular formula is C13H10Br2N2O3. The molecule has 0 saturated heterocycles. The van der Waals surface area contributed by atoms with Gasteiger partial charge in [0.1, 0.15) is 5.75 Å². The monoisotopic (exact) mass is 400 g/mol. The highest BCUT2D eigenvalue weighted by atomic mass is 79.9. The molecule has 0 aliphatic rings. The minimum Gasteiger partial charge on any atom is -0.508 e. The molecule has 2 aromatic rings. The Balaban J connectivity index is 2.17. The van der Waals surface area contributed by atoms with Gasteiger partial charge >= 0.3 is 0 Å². The number of phenols is 1. The van der Waals surface area contributed by atoms with E-state index in [1.54, 1.807) is 30.3 Å². The Kier molecular flexibility index (Phi) is 4.61. The van der Waals surface area contributed by atoms with Crippen molar-refractivity contribution in [2.45, 2.75) is 6.54 Å². The minimum absolute atomic E-state index is 0.00605. The fourth-order valence-corrected chi connectivity index (χ4v) is 2.46. The number of nitro groups is 1. The number of hydrogen-bond donors (Lipinski definition) is 2. The second kappa shape index (κ2) is 6.23. The molecule has 7 heteroatoms. The molecule has 2 aromatic carbocycles. The van der Waals surface area contributed by atoms with Crippen molar-refractivity contribution in [1.82, 2.24) is 0 Å². The van der Waals surface area contributed by atoms with Gasteiger partial charge in [-0.15, -0.1) is 0 Å². The number of phenolic OH excluding ortho intramolecular Hbond substituents is 1. The van der Waals surface area contributed by atoms with E-state index in [0.29, 0.717) is 22.3 Å². The third-order valence-electron chi connectivity index (χ3n) is 2.67. The molecule has 0 unspecified atom stereocenters. The third kappa shape index (κ3) is 3.49. The van der Waals surface area contributed by atoms with Crippen LogP contribution in [0.3, 0.4) is 0 Å². The fraction of sp³-hybridized carbons (Fsp3) is 0.0769. The summed E-state index contributed by atoms with van der Waals surface area (Å²) < 4.78 is 1.28. The van der Waals surface area contributed by atoms with E-state index in [4.69, 9.17) is 0 Å². The summed E-state index contributed by atoms with van der Waals surface area (Å²) in [5.41, 5.74) is 1.30. The zero-order valence-electron chi connectivity index (χ0n) is 10.1. The molecule has 0 atom stereocenters. The molecule has 0 aromatic heterocycles. The molecule has 0 amide bonds. The number of anilines is 1. The number of nitro benzene ring substituents is 1. The summed E-state index contributed by atoms with van der Waals surface area (Å²) >= 11 is 6.46. The van der Waals surface area contributed by atoms with Crippen LogP contribution in [0.2, 0.25) is 0 Å². The smallest absolute Gasteiger partial charge is 0.285 e. The first-order valence-corrected chi connectivity index (χ1v) is 7.21. The highest BCUT2D eigenvalue weighted by Crippen LogP contribution is 2.29. The summed E-state index contributed by atoms with van der Waals surface area (Å²) in [5.74, 6) is 0.173. The van der Waals surface area contributed by atoms with Crippen LogP contribution in [0.1, 0.15) is 5.56 Å². The van der Waals surface area contributed by atoms with Gasteiger partial charge in [0.05, 0.1) is 9.40 Å². The van der Waals surface area contributed by atoms with E-state index < -0.39 is 4.92 Å². The van der Waals surface area contributed by atoms with E-state index in [2.05, 4.69) is 37.2 Å². The van der Waals surface area contributed by atoms with Crippen molar-refractivity contribution in [2.24, 2.45) is 0 Å². The van der Waals surface area contributed by atoms with Crippen LogP contribution in [0.4, 0.5) is 11.4 Å². The highest BCUT2D eigenvalue weighted by Gasteiger charge is 2.12. The van der Waals surface area contributed by atoms with Crippen LogP contribution in [-0.4, -0.2) is 10.0 Å². The normalized spacial score (nSPS) is 10.3. The third-order valence-corrected chi connectivity index (χ3v) is 3.83. The second-order valence-corrected chi connectivity index (χ2v) is 5.82. The van der Waals surface area contributed by atoms with Gasteiger partial charge in [0.15, 0.2) is 0 Å². The average molecular weight is 402 g/mol. The summed E-state index contributed by atoms with van der Waals surface area (Å²) in [7, 11) is 0. The van der Waals surface area contributed by atoms with Crippen LogP contribution in [-0.2, 0) is 6.54 Å². The average Bonchev–Trinajstić information content (AvgIpc) is 2.41. The Labute approximate surface area is 132 Å². The van der Waals surface area contributed by atoms with E-state index >= 15 is 0 Å². The van der Waals surface area contributed by atoms with Crippen LogP contribution < -0.4 is 5.32 Å². The van der Waals surface area contributed by atoms with Gasteiger partial charge in [-0.05, 0) is 46.3 Å². The molecule has 0 heterocycles. The van der Waals surface area contributed by atoms with Crippen LogP contribution in [0.25, 0.3) is 0 Å². The largest absolute Gasteiger partial charge is 0.508 e. The van der Waals surface area contributed by atoms with Crippen molar-refractivity contribution in [3.05, 3.63) is 61.0 Å². The summed E-state index contributed by atoms with van der Waals surface area (Å²) in [6.45, 7) is 0.365. The number of benzene rings is 2. The Bertz CT molecular complexity index is 662. The van der Waals surface area contributed by atoms with Crippen LogP contribution in [0.15, 0.2) is 45.3 Å². The predicted octanol–water partition coefficient (Wildman–Crippen LogP) is 4.44. The number of halogens is 2. The number of hydrogen-bond acceptors (Lipinski definition) is 4. The maximum Gasteiger partial charge on any atom is 0.285 e. The molecule has 2 N–H and O–H groups in total. The fourth-order valence-electron chi connectivity index (χ4n) is 1.66. The molecule has 0 saturated carbocycles. The second-order valence-electron chi connectivity index (χ2n) is 4.05. The summed E-state index contributed by atoms with van der Waals surface area (Å²) in [6, 6.07) is 9.90. The van der Waals surface area contributed by atoms with Gasteiger partial charge in [-0.2, -0.15) is 0 Å². The van der Waals surface area contributed by atoms with Crippen LogP contribution in [0.5, 0.6) is 5.75 Å². The summed E-state index contributed by atoms with van der Waals surface area (Å²) in [6.07, 6.45) is 0. The Morgan fingerprint density at radius 2 is 1.95 bits per heavy atom. The van der Waals surface area contributed by atoms with Gasteiger partial charge in [0.2, 0.25) is 0 Å². The van der Waals surface area contributed by atoms with Crippen LogP contribution in [0, 0.1) is 10.1 Å². The predicted molar refractivity (Wildman–Crippen MR) is 83.9 cm³/mol. The standard InChI is InChI=1S/C13H10Br2N2O3/c14-9-1-4-13(18)8(5-9)7-16-10-2-3-11(15)12(6-10)17(19)20/h1-6,16,18H,7H2. The van der Waals surface area contributed by atoms with Crippen molar-refractivity contribution in [3.63, 3.8) is 0 Å². The zero-order chi connectivity index (χ0) is 14.7. The minimum atomic E-state index is -0.453. The number of rotatable bonds is 4. The van der Waals surface area contributed by atoms with Crippen LogP contribution >= 0.6 is 31.9 Å². The molecule has 0 bridgehead atoms. The maximum atomic E-state index is 10.8. The van der Waals surface area contributed by atoms with Crippen molar-refractivity contribution < 1.29 is 10.0 Å². The van der Waals surface area contributed by atoms with Gasteiger partial charge < -0.3 is 10.4 Å². The van der Waals surface area contributed by atoms with Crippen molar-refractivity contribution in [1.29, 1.82) is 0 Å². The molecule has 0 radical (unpaired) electrons. The molecule has 0 spiro atoms. The van der Waals surface area contributed by atoms with E-state index in [-0.39, 0.29) is 11.4 Å². The van der Waals surface area contributed by atoms with Crippen molar-refractivity contribution >= 4 is 43.2 Å². The van der Waals surface area contributed by atoms with Gasteiger partial charge in [0, 0.05) is 28.3 Å². The van der Waals surface area contributed by atoms with Gasteiger partial charge in [-0.25, -0.2) is 0 Å². The first-order chi connectivity index (χ1) is 9.47.